The molecule has 2 aliphatic rings. The smallest absolute Gasteiger partial charge is 0.229 e. The summed E-state index contributed by atoms with van der Waals surface area (Å²) in [5.41, 5.74) is 0.128. The Hall–Kier alpha value is -2.93. The Morgan fingerprint density at radius 1 is 0.938 bits per heavy atom. The van der Waals surface area contributed by atoms with E-state index in [1.807, 2.05) is 0 Å². The number of Topliss-reactive ketones (excluding diaryl/α,β-unsaturated/α-hetero) is 1. The number of aliphatic hydroxyl groups excluding tert-OH is 5. The van der Waals surface area contributed by atoms with Crippen LogP contribution in [0.25, 0.3) is 0 Å². The minimum atomic E-state index is -1.68. The molecule has 7 N–H and O–H groups in total. The molecule has 0 aliphatic carbocycles. The number of ether oxygens (including phenoxy) is 3. The molecule has 0 unspecified atom stereocenters. The first-order chi connectivity index (χ1) is 15.2. The second kappa shape index (κ2) is 8.54. The zero-order chi connectivity index (χ0) is 23.2. The number of fused-ring (bicyclic) bond motifs is 1. The van der Waals surface area contributed by atoms with E-state index in [4.69, 9.17) is 14.2 Å². The molecular weight excluding hydrogens is 428 g/mol. The predicted molar refractivity (Wildman–Crippen MR) is 104 cm³/mol. The molecule has 1 fully saturated rings. The van der Waals surface area contributed by atoms with Gasteiger partial charge in [0.1, 0.15) is 53.0 Å². The van der Waals surface area contributed by atoms with E-state index in [-0.39, 0.29) is 22.8 Å². The standard InChI is InChI=1S/C21H22O11/c22-7-13-15(25)17(27)19(29)21(32-13)30-10-5-11(24)14-12(6-10)31-20(18(28)16(14)26)8-1-3-9(23)4-2-8/h1-6,13,15,17-25,27-29H,7H2/t13-,15+,17-,18+,19-,20-,21+/m0/s1. The van der Waals surface area contributed by atoms with Crippen molar-refractivity contribution in [1.29, 1.82) is 0 Å². The summed E-state index contributed by atoms with van der Waals surface area (Å²) in [5.74, 6) is -1.59. The van der Waals surface area contributed by atoms with Crippen molar-refractivity contribution in [3.05, 3.63) is 47.5 Å². The van der Waals surface area contributed by atoms with Gasteiger partial charge in [-0.15, -0.1) is 0 Å². The van der Waals surface area contributed by atoms with Gasteiger partial charge in [-0.1, -0.05) is 12.1 Å². The highest BCUT2D eigenvalue weighted by Crippen LogP contribution is 2.42. The number of aliphatic hydroxyl groups is 5. The molecule has 2 aliphatic heterocycles. The average molecular weight is 450 g/mol. The van der Waals surface area contributed by atoms with Crippen LogP contribution in [-0.4, -0.2) is 84.9 Å². The Morgan fingerprint density at radius 2 is 1.62 bits per heavy atom. The quantitative estimate of drug-likeness (QED) is 0.301. The van der Waals surface area contributed by atoms with Crippen molar-refractivity contribution in [2.45, 2.75) is 42.9 Å². The van der Waals surface area contributed by atoms with Gasteiger partial charge in [0, 0.05) is 12.1 Å². The Morgan fingerprint density at radius 3 is 2.28 bits per heavy atom. The number of phenolic OH excluding ortho intramolecular Hbond substituents is 2. The molecule has 0 aromatic heterocycles. The maximum Gasteiger partial charge on any atom is 0.229 e. The van der Waals surface area contributed by atoms with E-state index in [1.54, 1.807) is 0 Å². The SMILES string of the molecule is O=C1c2c(O)cc(O[C@@H]3O[C@@H](CO)[C@@H](O)[C@H](O)[C@@H]3O)cc2O[C@@H](c2ccc(O)cc2)[C@@H]1O. The summed E-state index contributed by atoms with van der Waals surface area (Å²) in [7, 11) is 0. The van der Waals surface area contributed by atoms with Crippen molar-refractivity contribution >= 4 is 5.78 Å². The summed E-state index contributed by atoms with van der Waals surface area (Å²) in [6, 6.07) is 7.93. The predicted octanol–water partition coefficient (Wildman–Crippen LogP) is -1.05. The van der Waals surface area contributed by atoms with E-state index in [9.17, 15) is 40.5 Å². The molecule has 0 amide bonds. The highest BCUT2D eigenvalue weighted by atomic mass is 16.7. The fourth-order valence-electron chi connectivity index (χ4n) is 3.68. The molecule has 11 nitrogen and oxygen atoms in total. The first kappa shape index (κ1) is 22.3. The number of carbonyl (C=O) groups excluding carboxylic acids is 1. The van der Waals surface area contributed by atoms with E-state index in [0.717, 1.165) is 6.07 Å². The van der Waals surface area contributed by atoms with Gasteiger partial charge >= 0.3 is 0 Å². The number of hydrogen-bond donors (Lipinski definition) is 7. The molecule has 2 heterocycles. The first-order valence-electron chi connectivity index (χ1n) is 9.73. The topological polar surface area (TPSA) is 186 Å². The summed E-state index contributed by atoms with van der Waals surface area (Å²) >= 11 is 0. The second-order valence-electron chi connectivity index (χ2n) is 7.57. The lowest BCUT2D eigenvalue weighted by molar-refractivity contribution is -0.277. The van der Waals surface area contributed by atoms with Crippen LogP contribution >= 0.6 is 0 Å². The highest BCUT2D eigenvalue weighted by molar-refractivity contribution is 6.05. The largest absolute Gasteiger partial charge is 0.508 e. The Labute approximate surface area is 181 Å². The van der Waals surface area contributed by atoms with Gasteiger partial charge in [-0.25, -0.2) is 0 Å². The minimum Gasteiger partial charge on any atom is -0.508 e. The number of rotatable bonds is 4. The van der Waals surface area contributed by atoms with Crippen molar-refractivity contribution in [1.82, 2.24) is 0 Å². The lowest BCUT2D eigenvalue weighted by Crippen LogP contribution is -2.60. The van der Waals surface area contributed by atoms with Crippen molar-refractivity contribution in [2.75, 3.05) is 6.61 Å². The number of aromatic hydroxyl groups is 2. The van der Waals surface area contributed by atoms with Crippen LogP contribution in [0.4, 0.5) is 0 Å². The van der Waals surface area contributed by atoms with E-state index < -0.39 is 61.1 Å². The maximum absolute atomic E-state index is 12.7. The van der Waals surface area contributed by atoms with Crippen LogP contribution in [0.2, 0.25) is 0 Å². The molecule has 2 aromatic rings. The normalized spacial score (nSPS) is 32.2. The monoisotopic (exact) mass is 450 g/mol. The van der Waals surface area contributed by atoms with Crippen LogP contribution in [0.1, 0.15) is 22.0 Å². The van der Waals surface area contributed by atoms with E-state index in [1.165, 1.54) is 30.3 Å². The van der Waals surface area contributed by atoms with Crippen LogP contribution in [0.3, 0.4) is 0 Å². The fraction of sp³-hybridized carbons (Fsp3) is 0.381. The molecular formula is C21H22O11. The lowest BCUT2D eigenvalue weighted by Gasteiger charge is -2.39. The molecule has 2 aromatic carbocycles. The molecule has 0 radical (unpaired) electrons. The van der Waals surface area contributed by atoms with Gasteiger partial charge in [0.15, 0.2) is 12.2 Å². The highest BCUT2D eigenvalue weighted by Gasteiger charge is 2.45. The van der Waals surface area contributed by atoms with E-state index >= 15 is 0 Å². The lowest BCUT2D eigenvalue weighted by atomic mass is 9.93. The third-order valence-corrected chi connectivity index (χ3v) is 5.43. The number of benzene rings is 2. The Kier molecular flexibility index (Phi) is 5.95. The molecule has 172 valence electrons. The molecule has 0 spiro atoms. The average Bonchev–Trinajstić information content (AvgIpc) is 2.77. The minimum absolute atomic E-state index is 0.0152. The van der Waals surface area contributed by atoms with Gasteiger partial charge in [-0.05, 0) is 17.7 Å². The summed E-state index contributed by atoms with van der Waals surface area (Å²) in [6.07, 6.45) is -10.4. The summed E-state index contributed by atoms with van der Waals surface area (Å²) < 4.78 is 16.5. The van der Waals surface area contributed by atoms with Crippen LogP contribution < -0.4 is 9.47 Å². The Bertz CT molecular complexity index is 990. The molecule has 4 rings (SSSR count). The summed E-state index contributed by atoms with van der Waals surface area (Å²) in [6.45, 7) is -0.649. The van der Waals surface area contributed by atoms with Gasteiger partial charge in [0.05, 0.1) is 6.61 Å². The van der Waals surface area contributed by atoms with E-state index in [0.29, 0.717) is 5.56 Å². The van der Waals surface area contributed by atoms with Crippen LogP contribution in [-0.2, 0) is 4.74 Å². The Balaban J connectivity index is 1.63. The maximum atomic E-state index is 12.7. The van der Waals surface area contributed by atoms with Crippen LogP contribution in [0, 0.1) is 0 Å². The molecule has 7 atom stereocenters. The van der Waals surface area contributed by atoms with Crippen LogP contribution in [0.15, 0.2) is 36.4 Å². The van der Waals surface area contributed by atoms with Crippen LogP contribution in [0.5, 0.6) is 23.0 Å². The van der Waals surface area contributed by atoms with Crippen molar-refractivity contribution in [2.24, 2.45) is 0 Å². The third kappa shape index (κ3) is 3.86. The zero-order valence-corrected chi connectivity index (χ0v) is 16.5. The molecule has 32 heavy (non-hydrogen) atoms. The van der Waals surface area contributed by atoms with Crippen molar-refractivity contribution in [3.63, 3.8) is 0 Å². The molecule has 0 saturated carbocycles. The first-order valence-corrected chi connectivity index (χ1v) is 9.73. The van der Waals surface area contributed by atoms with Crippen molar-refractivity contribution < 1.29 is 54.8 Å². The number of ketones is 1. The summed E-state index contributed by atoms with van der Waals surface area (Å²) in [4.78, 5) is 12.7. The van der Waals surface area contributed by atoms with Gasteiger partial charge in [0.2, 0.25) is 12.1 Å². The second-order valence-corrected chi connectivity index (χ2v) is 7.57. The van der Waals surface area contributed by atoms with Gasteiger partial charge in [-0.2, -0.15) is 0 Å². The number of hydrogen-bond acceptors (Lipinski definition) is 11. The molecule has 1 saturated heterocycles. The summed E-state index contributed by atoms with van der Waals surface area (Å²) in [5, 5.41) is 69.4. The number of carbonyl (C=O) groups is 1. The number of phenols is 2. The molecule has 0 bridgehead atoms. The fourth-order valence-corrected chi connectivity index (χ4v) is 3.68. The van der Waals surface area contributed by atoms with E-state index in [2.05, 4.69) is 0 Å². The molecule has 11 heteroatoms. The van der Waals surface area contributed by atoms with Gasteiger partial charge in [0.25, 0.3) is 0 Å². The third-order valence-electron chi connectivity index (χ3n) is 5.43. The van der Waals surface area contributed by atoms with Gasteiger partial charge in [-0.3, -0.25) is 4.79 Å². The van der Waals surface area contributed by atoms with Gasteiger partial charge < -0.3 is 50.0 Å². The zero-order valence-electron chi connectivity index (χ0n) is 16.5. The van der Waals surface area contributed by atoms with Crippen molar-refractivity contribution in [3.8, 4) is 23.0 Å².